The second-order valence-electron chi connectivity index (χ2n) is 1.37. The van der Waals surface area contributed by atoms with E-state index in [-0.39, 0.29) is 0 Å². The van der Waals surface area contributed by atoms with Crippen LogP contribution in [-0.4, -0.2) is 20.3 Å². The molecule has 0 N–H and O–H groups in total. The minimum absolute atomic E-state index is 0.720. The van der Waals surface area contributed by atoms with Crippen molar-refractivity contribution < 1.29 is 0 Å². The number of halogens is 3. The first-order valence-electron chi connectivity index (χ1n) is 2.13. The van der Waals surface area contributed by atoms with E-state index >= 15 is 0 Å². The number of hydrogen-bond acceptors (Lipinski definition) is 0. The first-order chi connectivity index (χ1) is 3.06. The summed E-state index contributed by atoms with van der Waals surface area (Å²) in [5, 5.41) is 1.10. The van der Waals surface area contributed by atoms with Gasteiger partial charge in [-0.25, -0.2) is 0 Å². The van der Waals surface area contributed by atoms with Gasteiger partial charge in [0.2, 0.25) is 0 Å². The third kappa shape index (κ3) is 7.41. The summed E-state index contributed by atoms with van der Waals surface area (Å²) in [5.41, 5.74) is 0. The Balaban J connectivity index is 3.15. The molecule has 0 radical (unpaired) electrons. The van der Waals surface area contributed by atoms with Crippen LogP contribution in [0.4, 0.5) is 0 Å². The zero-order chi connectivity index (χ0) is 5.91. The molecule has 0 aromatic heterocycles. The van der Waals surface area contributed by atoms with Gasteiger partial charge in [0, 0.05) is 0 Å². The molecule has 0 amide bonds. The van der Waals surface area contributed by atoms with Crippen molar-refractivity contribution in [1.29, 1.82) is 0 Å². The Kier molecular flexibility index (Phi) is 4.14. The van der Waals surface area contributed by atoms with Crippen molar-refractivity contribution in [3.8, 4) is 0 Å². The Morgan fingerprint density at radius 3 is 1.71 bits per heavy atom. The molecule has 0 unspecified atom stereocenters. The second kappa shape index (κ2) is 3.44. The van der Waals surface area contributed by atoms with Gasteiger partial charge in [-0.3, -0.25) is 0 Å². The third-order valence-corrected chi connectivity index (χ3v) is 2.15. The average molecular weight is 222 g/mol. The molecule has 0 atom stereocenters. The maximum absolute atomic E-state index is 5.39. The molecule has 4 heteroatoms. The van der Waals surface area contributed by atoms with Crippen molar-refractivity contribution >= 4 is 51.3 Å². The summed E-state index contributed by atoms with van der Waals surface area (Å²) in [6.45, 7) is 0. The molecule has 0 aromatic carbocycles. The van der Waals surface area contributed by atoms with E-state index in [1.165, 1.54) is 0 Å². The van der Waals surface area contributed by atoms with Crippen molar-refractivity contribution in [2.75, 3.05) is 0 Å². The molecular formula is C3H7Cl3Ge. The van der Waals surface area contributed by atoms with Crippen LogP contribution in [0.1, 0.15) is 6.42 Å². The average Bonchev–Trinajstić information content (AvgIpc) is 1.30. The summed E-state index contributed by atoms with van der Waals surface area (Å²) in [4.78, 5) is 0. The Bertz CT molecular complexity index is 48.6. The molecule has 0 aromatic rings. The molecule has 0 bridgehead atoms. The van der Waals surface area contributed by atoms with Gasteiger partial charge in [-0.05, 0) is 0 Å². The van der Waals surface area contributed by atoms with Crippen molar-refractivity contribution in [1.82, 2.24) is 0 Å². The SMILES string of the molecule is ClC(Cl)(Cl)C[CH2][GeH3]. The summed E-state index contributed by atoms with van der Waals surface area (Å²) in [6.07, 6.45) is 0.720. The molecular weight excluding hydrogens is 215 g/mol. The van der Waals surface area contributed by atoms with Gasteiger partial charge < -0.3 is 0 Å². The molecule has 0 nitrogen and oxygen atoms in total. The van der Waals surface area contributed by atoms with Crippen molar-refractivity contribution in [3.05, 3.63) is 0 Å². The Labute approximate surface area is 66.7 Å². The molecule has 0 aliphatic carbocycles. The summed E-state index contributed by atoms with van der Waals surface area (Å²) < 4.78 is -0.986. The van der Waals surface area contributed by atoms with Crippen molar-refractivity contribution in [2.24, 2.45) is 0 Å². The van der Waals surface area contributed by atoms with Crippen LogP contribution in [0.2, 0.25) is 5.25 Å². The summed E-state index contributed by atoms with van der Waals surface area (Å²) >= 11 is 17.0. The number of alkyl halides is 3. The van der Waals surface area contributed by atoms with E-state index in [1.807, 2.05) is 0 Å². The van der Waals surface area contributed by atoms with Gasteiger partial charge in [-0.15, -0.1) is 0 Å². The topological polar surface area (TPSA) is 0 Å². The standard InChI is InChI=1S/C3H7Cl3Ge/c4-3(5,6)1-2-7/h1-2H2,7H3. The Morgan fingerprint density at radius 2 is 1.71 bits per heavy atom. The van der Waals surface area contributed by atoms with E-state index < -0.39 is 3.79 Å². The molecule has 0 heterocycles. The van der Waals surface area contributed by atoms with Crippen LogP contribution in [0.5, 0.6) is 0 Å². The van der Waals surface area contributed by atoms with Crippen LogP contribution in [0.15, 0.2) is 0 Å². The number of rotatable bonds is 1. The van der Waals surface area contributed by atoms with Crippen molar-refractivity contribution in [3.63, 3.8) is 0 Å². The monoisotopic (exact) mass is 222 g/mol. The van der Waals surface area contributed by atoms with Crippen LogP contribution in [0.25, 0.3) is 0 Å². The van der Waals surface area contributed by atoms with Crippen LogP contribution in [0, 0.1) is 0 Å². The Hall–Kier alpha value is 1.41. The van der Waals surface area contributed by atoms with Gasteiger partial charge in [0.25, 0.3) is 0 Å². The van der Waals surface area contributed by atoms with Gasteiger partial charge in [0.15, 0.2) is 0 Å². The van der Waals surface area contributed by atoms with Gasteiger partial charge in [-0.2, -0.15) is 0 Å². The predicted octanol–water partition coefficient (Wildman–Crippen LogP) is 1.53. The van der Waals surface area contributed by atoms with E-state index in [4.69, 9.17) is 34.8 Å². The quantitative estimate of drug-likeness (QED) is 0.466. The van der Waals surface area contributed by atoms with E-state index in [9.17, 15) is 0 Å². The minimum atomic E-state index is -0.986. The normalized spacial score (nSPS) is 12.4. The van der Waals surface area contributed by atoms with Crippen LogP contribution in [0.3, 0.4) is 0 Å². The van der Waals surface area contributed by atoms with Gasteiger partial charge >= 0.3 is 66.8 Å². The van der Waals surface area contributed by atoms with E-state index in [0.29, 0.717) is 0 Å². The van der Waals surface area contributed by atoms with Crippen LogP contribution in [-0.2, 0) is 0 Å². The summed E-state index contributed by atoms with van der Waals surface area (Å²) in [7, 11) is 0. The third-order valence-electron chi connectivity index (χ3n) is 0.533. The zero-order valence-electron chi connectivity index (χ0n) is 4.05. The zero-order valence-corrected chi connectivity index (χ0v) is 10.5. The molecule has 0 fully saturated rings. The van der Waals surface area contributed by atoms with Crippen LogP contribution < -0.4 is 0 Å². The molecule has 0 spiro atoms. The van der Waals surface area contributed by atoms with Gasteiger partial charge in [0.1, 0.15) is 0 Å². The fourth-order valence-electron chi connectivity index (χ4n) is 0.283. The van der Waals surface area contributed by atoms with Crippen molar-refractivity contribution in [2.45, 2.75) is 15.5 Å². The maximum atomic E-state index is 5.39. The second-order valence-corrected chi connectivity index (χ2v) is 5.98. The van der Waals surface area contributed by atoms with E-state index in [2.05, 4.69) is 0 Å². The molecule has 7 heavy (non-hydrogen) atoms. The Morgan fingerprint density at radius 1 is 1.29 bits per heavy atom. The first kappa shape index (κ1) is 8.41. The predicted molar refractivity (Wildman–Crippen MR) is 39.7 cm³/mol. The molecule has 0 saturated carbocycles. The summed E-state index contributed by atoms with van der Waals surface area (Å²) in [6, 6.07) is 0. The van der Waals surface area contributed by atoms with Gasteiger partial charge in [-0.1, -0.05) is 0 Å². The molecule has 44 valence electrons. The molecule has 0 aliphatic rings. The summed E-state index contributed by atoms with van der Waals surface area (Å²) in [5.74, 6) is 0. The molecule has 0 rings (SSSR count). The fraction of sp³-hybridized carbons (Fsp3) is 1.00. The van der Waals surface area contributed by atoms with E-state index in [0.717, 1.165) is 28.2 Å². The van der Waals surface area contributed by atoms with Gasteiger partial charge in [0.05, 0.1) is 0 Å². The first-order valence-corrected chi connectivity index (χ1v) is 6.23. The molecule has 0 aliphatic heterocycles. The fourth-order valence-corrected chi connectivity index (χ4v) is 4.42. The van der Waals surface area contributed by atoms with E-state index in [1.54, 1.807) is 0 Å². The molecule has 0 saturated heterocycles. The number of hydrogen-bond donors (Lipinski definition) is 0. The van der Waals surface area contributed by atoms with Crippen LogP contribution >= 0.6 is 34.8 Å².